The summed E-state index contributed by atoms with van der Waals surface area (Å²) in [7, 11) is 0. The molecule has 2 N–H and O–H groups in total. The number of hydrogen-bond donors (Lipinski definition) is 1. The number of carbonyl (C=O) groups excluding carboxylic acids is 1. The zero-order chi connectivity index (χ0) is 10.6. The van der Waals surface area contributed by atoms with Crippen molar-refractivity contribution in [3.05, 3.63) is 0 Å². The molecule has 0 aromatic rings. The van der Waals surface area contributed by atoms with Gasteiger partial charge in [-0.1, -0.05) is 19.3 Å². The molecule has 0 amide bonds. The fourth-order valence-corrected chi connectivity index (χ4v) is 2.33. The van der Waals surface area contributed by atoms with Crippen LogP contribution in [0.2, 0.25) is 0 Å². The van der Waals surface area contributed by atoms with E-state index in [0.717, 1.165) is 12.8 Å². The molecule has 1 saturated carbocycles. The number of esters is 1. The van der Waals surface area contributed by atoms with Gasteiger partial charge in [0.2, 0.25) is 0 Å². The number of hydrogen-bond acceptors (Lipinski definition) is 3. The Kier molecular flexibility index (Phi) is 3.93. The standard InChI is InChI=1S/C11H21NO2/c1-9(13)14-11(2,8-12)10-6-4-3-5-7-10/h10H,3-8,12H2,1-2H3. The molecular weight excluding hydrogens is 178 g/mol. The van der Waals surface area contributed by atoms with Crippen LogP contribution in [0.1, 0.15) is 46.0 Å². The highest BCUT2D eigenvalue weighted by Crippen LogP contribution is 2.34. The zero-order valence-corrected chi connectivity index (χ0v) is 9.21. The van der Waals surface area contributed by atoms with Crippen molar-refractivity contribution in [3.8, 4) is 0 Å². The van der Waals surface area contributed by atoms with Crippen LogP contribution >= 0.6 is 0 Å². The normalized spacial score (nSPS) is 22.8. The van der Waals surface area contributed by atoms with Gasteiger partial charge in [-0.3, -0.25) is 4.79 Å². The molecule has 1 atom stereocenters. The quantitative estimate of drug-likeness (QED) is 0.706. The van der Waals surface area contributed by atoms with Gasteiger partial charge in [0, 0.05) is 13.5 Å². The third kappa shape index (κ3) is 2.71. The fourth-order valence-electron chi connectivity index (χ4n) is 2.33. The largest absolute Gasteiger partial charge is 0.458 e. The SMILES string of the molecule is CC(=O)OC(C)(CN)C1CCCCC1. The lowest BCUT2D eigenvalue weighted by Gasteiger charge is -2.38. The average molecular weight is 199 g/mol. The smallest absolute Gasteiger partial charge is 0.303 e. The Bertz CT molecular complexity index is 199. The first-order chi connectivity index (χ1) is 6.58. The second-order valence-electron chi connectivity index (χ2n) is 4.45. The molecule has 3 nitrogen and oxygen atoms in total. The van der Waals surface area contributed by atoms with Crippen molar-refractivity contribution in [2.75, 3.05) is 6.54 Å². The second kappa shape index (κ2) is 4.78. The summed E-state index contributed by atoms with van der Waals surface area (Å²) in [4.78, 5) is 11.0. The predicted molar refractivity (Wildman–Crippen MR) is 55.8 cm³/mol. The van der Waals surface area contributed by atoms with Gasteiger partial charge < -0.3 is 10.5 Å². The van der Waals surface area contributed by atoms with Crippen molar-refractivity contribution in [2.24, 2.45) is 11.7 Å². The Labute approximate surface area is 86.0 Å². The minimum Gasteiger partial charge on any atom is -0.458 e. The van der Waals surface area contributed by atoms with Crippen LogP contribution in [-0.4, -0.2) is 18.1 Å². The van der Waals surface area contributed by atoms with E-state index >= 15 is 0 Å². The van der Waals surface area contributed by atoms with Gasteiger partial charge in [0.1, 0.15) is 5.60 Å². The van der Waals surface area contributed by atoms with Gasteiger partial charge in [-0.15, -0.1) is 0 Å². The Morgan fingerprint density at radius 2 is 2.00 bits per heavy atom. The number of rotatable bonds is 3. The van der Waals surface area contributed by atoms with Crippen molar-refractivity contribution < 1.29 is 9.53 Å². The maximum atomic E-state index is 11.0. The number of nitrogens with two attached hydrogens (primary N) is 1. The van der Waals surface area contributed by atoms with Crippen LogP contribution in [-0.2, 0) is 9.53 Å². The molecule has 82 valence electrons. The van der Waals surface area contributed by atoms with E-state index in [0.29, 0.717) is 12.5 Å². The molecule has 0 aromatic heterocycles. The molecule has 1 unspecified atom stereocenters. The summed E-state index contributed by atoms with van der Waals surface area (Å²) < 4.78 is 5.36. The summed E-state index contributed by atoms with van der Waals surface area (Å²) >= 11 is 0. The van der Waals surface area contributed by atoms with Gasteiger partial charge >= 0.3 is 5.97 Å². The molecule has 0 saturated heterocycles. The monoisotopic (exact) mass is 199 g/mol. The third-order valence-electron chi connectivity index (χ3n) is 3.25. The van der Waals surface area contributed by atoms with Gasteiger partial charge in [0.05, 0.1) is 0 Å². The summed E-state index contributed by atoms with van der Waals surface area (Å²) in [5, 5.41) is 0. The first-order valence-electron chi connectivity index (χ1n) is 5.48. The third-order valence-corrected chi connectivity index (χ3v) is 3.25. The van der Waals surface area contributed by atoms with E-state index < -0.39 is 5.60 Å². The maximum Gasteiger partial charge on any atom is 0.303 e. The minimum atomic E-state index is -0.438. The van der Waals surface area contributed by atoms with Gasteiger partial charge in [-0.25, -0.2) is 0 Å². The molecule has 3 heteroatoms. The molecule has 0 spiro atoms. The van der Waals surface area contributed by atoms with E-state index in [1.165, 1.54) is 26.2 Å². The van der Waals surface area contributed by atoms with Crippen LogP contribution in [0.4, 0.5) is 0 Å². The molecular formula is C11H21NO2. The highest BCUT2D eigenvalue weighted by atomic mass is 16.6. The fraction of sp³-hybridized carbons (Fsp3) is 0.909. The molecule has 1 rings (SSSR count). The molecule has 14 heavy (non-hydrogen) atoms. The van der Waals surface area contributed by atoms with Crippen LogP contribution in [0, 0.1) is 5.92 Å². The van der Waals surface area contributed by atoms with Gasteiger partial charge in [-0.2, -0.15) is 0 Å². The van der Waals surface area contributed by atoms with Crippen molar-refractivity contribution in [1.29, 1.82) is 0 Å². The lowest BCUT2D eigenvalue weighted by molar-refractivity contribution is -0.161. The lowest BCUT2D eigenvalue weighted by Crippen LogP contribution is -2.46. The molecule has 0 aliphatic heterocycles. The highest BCUT2D eigenvalue weighted by Gasteiger charge is 2.36. The van der Waals surface area contributed by atoms with E-state index in [1.807, 2.05) is 6.92 Å². The summed E-state index contributed by atoms with van der Waals surface area (Å²) in [5.41, 5.74) is 5.27. The Morgan fingerprint density at radius 1 is 1.43 bits per heavy atom. The van der Waals surface area contributed by atoms with Gasteiger partial charge in [0.15, 0.2) is 0 Å². The molecule has 1 aliphatic rings. The Hall–Kier alpha value is -0.570. The topological polar surface area (TPSA) is 52.3 Å². The summed E-state index contributed by atoms with van der Waals surface area (Å²) in [5.74, 6) is 0.230. The van der Waals surface area contributed by atoms with Crippen LogP contribution in [0.5, 0.6) is 0 Å². The number of carbonyl (C=O) groups is 1. The van der Waals surface area contributed by atoms with Crippen molar-refractivity contribution in [2.45, 2.75) is 51.6 Å². The van der Waals surface area contributed by atoms with Crippen LogP contribution < -0.4 is 5.73 Å². The van der Waals surface area contributed by atoms with E-state index in [1.54, 1.807) is 0 Å². The van der Waals surface area contributed by atoms with Crippen LogP contribution in [0.25, 0.3) is 0 Å². The summed E-state index contributed by atoms with van der Waals surface area (Å²) in [6.07, 6.45) is 6.06. The van der Waals surface area contributed by atoms with Crippen molar-refractivity contribution in [1.82, 2.24) is 0 Å². The Balaban J connectivity index is 2.61. The second-order valence-corrected chi connectivity index (χ2v) is 4.45. The first-order valence-corrected chi connectivity index (χ1v) is 5.48. The molecule has 0 aromatic carbocycles. The van der Waals surface area contributed by atoms with Crippen molar-refractivity contribution in [3.63, 3.8) is 0 Å². The molecule has 1 aliphatic carbocycles. The van der Waals surface area contributed by atoms with E-state index in [9.17, 15) is 4.79 Å². The van der Waals surface area contributed by atoms with E-state index in [2.05, 4.69) is 0 Å². The van der Waals surface area contributed by atoms with E-state index in [4.69, 9.17) is 10.5 Å². The minimum absolute atomic E-state index is 0.219. The Morgan fingerprint density at radius 3 is 2.43 bits per heavy atom. The van der Waals surface area contributed by atoms with E-state index in [-0.39, 0.29) is 5.97 Å². The zero-order valence-electron chi connectivity index (χ0n) is 9.21. The van der Waals surface area contributed by atoms with Crippen LogP contribution in [0.3, 0.4) is 0 Å². The molecule has 0 bridgehead atoms. The maximum absolute atomic E-state index is 11.0. The average Bonchev–Trinajstić information content (AvgIpc) is 2.18. The molecule has 1 fully saturated rings. The van der Waals surface area contributed by atoms with Gasteiger partial charge in [0.25, 0.3) is 0 Å². The summed E-state index contributed by atoms with van der Waals surface area (Å²) in [6, 6.07) is 0. The van der Waals surface area contributed by atoms with Crippen LogP contribution in [0.15, 0.2) is 0 Å². The molecule has 0 radical (unpaired) electrons. The van der Waals surface area contributed by atoms with Crippen molar-refractivity contribution >= 4 is 5.97 Å². The highest BCUT2D eigenvalue weighted by molar-refractivity contribution is 5.66. The number of ether oxygens (including phenoxy) is 1. The molecule has 0 heterocycles. The predicted octanol–water partition coefficient (Wildman–Crippen LogP) is 1.85. The lowest BCUT2D eigenvalue weighted by atomic mass is 9.77. The summed E-state index contributed by atoms with van der Waals surface area (Å²) in [6.45, 7) is 3.85. The first kappa shape index (κ1) is 11.5. The van der Waals surface area contributed by atoms with Gasteiger partial charge in [-0.05, 0) is 25.7 Å².